The maximum Gasteiger partial charge on any atom is 0.255 e. The van der Waals surface area contributed by atoms with Crippen LogP contribution in [0.15, 0.2) is 35.3 Å². The van der Waals surface area contributed by atoms with Crippen molar-refractivity contribution in [3.05, 3.63) is 52.1 Å². The molecule has 2 N–H and O–H groups in total. The van der Waals surface area contributed by atoms with Gasteiger partial charge in [0.1, 0.15) is 5.82 Å². The van der Waals surface area contributed by atoms with Gasteiger partial charge in [0, 0.05) is 43.5 Å². The lowest BCUT2D eigenvalue weighted by atomic mass is 10.1. The van der Waals surface area contributed by atoms with E-state index in [2.05, 4.69) is 46.0 Å². The zero-order valence-electron chi connectivity index (χ0n) is 16.2. The van der Waals surface area contributed by atoms with Gasteiger partial charge in [-0.25, -0.2) is 4.98 Å². The maximum atomic E-state index is 12.5. The second-order valence-corrected chi connectivity index (χ2v) is 7.51. The molecule has 0 aliphatic carbocycles. The number of rotatable bonds is 5. The standard InChI is InChI=1S/C20H27N5O2/c1-14(2)10-17-11-15(12-19(26)22-17)20(27)23-16-4-5-18(21-13-16)25-8-6-24(3)7-9-25/h4-5,11-14H,6-10H2,1-3H3,(H,22,26)(H,23,27). The Morgan fingerprint density at radius 2 is 1.96 bits per heavy atom. The van der Waals surface area contributed by atoms with Crippen LogP contribution in [0.3, 0.4) is 0 Å². The molecule has 0 unspecified atom stereocenters. The summed E-state index contributed by atoms with van der Waals surface area (Å²) >= 11 is 0. The molecule has 0 atom stereocenters. The average Bonchev–Trinajstić information content (AvgIpc) is 2.62. The summed E-state index contributed by atoms with van der Waals surface area (Å²) in [5.41, 5.74) is 1.48. The quantitative estimate of drug-likeness (QED) is 0.842. The number of pyridine rings is 2. The number of aromatic nitrogens is 2. The minimum atomic E-state index is -0.305. The Kier molecular flexibility index (Phi) is 5.91. The van der Waals surface area contributed by atoms with E-state index in [0.29, 0.717) is 17.2 Å². The normalized spacial score (nSPS) is 15.2. The molecule has 2 aromatic rings. The molecular weight excluding hydrogens is 342 g/mol. The summed E-state index contributed by atoms with van der Waals surface area (Å²) in [5, 5.41) is 2.82. The van der Waals surface area contributed by atoms with Crippen LogP contribution in [0.5, 0.6) is 0 Å². The van der Waals surface area contributed by atoms with Crippen LogP contribution in [0.1, 0.15) is 29.9 Å². The van der Waals surface area contributed by atoms with Gasteiger partial charge in [0.05, 0.1) is 11.9 Å². The van der Waals surface area contributed by atoms with Gasteiger partial charge in [0.2, 0.25) is 5.56 Å². The van der Waals surface area contributed by atoms with Gasteiger partial charge in [0.15, 0.2) is 0 Å². The van der Waals surface area contributed by atoms with Crippen molar-refractivity contribution in [3.8, 4) is 0 Å². The van der Waals surface area contributed by atoms with Gasteiger partial charge in [0.25, 0.3) is 5.91 Å². The van der Waals surface area contributed by atoms with Gasteiger partial charge in [-0.05, 0) is 37.6 Å². The summed E-state index contributed by atoms with van der Waals surface area (Å²) in [6.45, 7) is 8.06. The van der Waals surface area contributed by atoms with Gasteiger partial charge < -0.3 is 20.1 Å². The van der Waals surface area contributed by atoms with Crippen molar-refractivity contribution < 1.29 is 4.79 Å². The number of likely N-dealkylation sites (N-methyl/N-ethyl adjacent to an activating group) is 1. The van der Waals surface area contributed by atoms with Crippen molar-refractivity contribution in [1.82, 2.24) is 14.9 Å². The van der Waals surface area contributed by atoms with E-state index < -0.39 is 0 Å². The lowest BCUT2D eigenvalue weighted by molar-refractivity contribution is 0.102. The number of nitrogens with one attached hydrogen (secondary N) is 2. The first-order chi connectivity index (χ1) is 12.9. The highest BCUT2D eigenvalue weighted by Crippen LogP contribution is 2.16. The van der Waals surface area contributed by atoms with E-state index in [-0.39, 0.29) is 11.5 Å². The fraction of sp³-hybridized carbons (Fsp3) is 0.450. The minimum Gasteiger partial charge on any atom is -0.354 e. The molecule has 7 heteroatoms. The maximum absolute atomic E-state index is 12.5. The van der Waals surface area contributed by atoms with Crippen LogP contribution in [-0.4, -0.2) is 54.0 Å². The Morgan fingerprint density at radius 3 is 2.59 bits per heavy atom. The van der Waals surface area contributed by atoms with Crippen molar-refractivity contribution >= 4 is 17.4 Å². The van der Waals surface area contributed by atoms with E-state index in [1.54, 1.807) is 12.3 Å². The van der Waals surface area contributed by atoms with Crippen LogP contribution < -0.4 is 15.8 Å². The summed E-state index contributed by atoms with van der Waals surface area (Å²) in [7, 11) is 2.12. The summed E-state index contributed by atoms with van der Waals surface area (Å²) in [4.78, 5) is 36.1. The molecule has 0 aromatic carbocycles. The van der Waals surface area contributed by atoms with Gasteiger partial charge in [-0.3, -0.25) is 9.59 Å². The molecule has 7 nitrogen and oxygen atoms in total. The van der Waals surface area contributed by atoms with Crippen molar-refractivity contribution in [3.63, 3.8) is 0 Å². The van der Waals surface area contributed by atoms with E-state index in [1.807, 2.05) is 12.1 Å². The number of aromatic amines is 1. The molecule has 1 fully saturated rings. The SMILES string of the molecule is CC(C)Cc1cc(C(=O)Nc2ccc(N3CCN(C)CC3)nc2)cc(=O)[nH]1. The van der Waals surface area contributed by atoms with E-state index in [4.69, 9.17) is 0 Å². The first-order valence-corrected chi connectivity index (χ1v) is 9.35. The monoisotopic (exact) mass is 369 g/mol. The van der Waals surface area contributed by atoms with Crippen molar-refractivity contribution in [2.75, 3.05) is 43.4 Å². The topological polar surface area (TPSA) is 81.3 Å². The molecule has 27 heavy (non-hydrogen) atoms. The number of amides is 1. The van der Waals surface area contributed by atoms with Gasteiger partial charge in [-0.2, -0.15) is 0 Å². The number of anilines is 2. The van der Waals surface area contributed by atoms with Crippen LogP contribution in [0.4, 0.5) is 11.5 Å². The summed E-state index contributed by atoms with van der Waals surface area (Å²) in [6, 6.07) is 6.83. The van der Waals surface area contributed by atoms with Crippen LogP contribution in [0, 0.1) is 5.92 Å². The van der Waals surface area contributed by atoms with E-state index >= 15 is 0 Å². The molecule has 1 saturated heterocycles. The van der Waals surface area contributed by atoms with Crippen LogP contribution in [-0.2, 0) is 6.42 Å². The van der Waals surface area contributed by atoms with Gasteiger partial charge >= 0.3 is 0 Å². The predicted molar refractivity (Wildman–Crippen MR) is 108 cm³/mol. The third-order valence-corrected chi connectivity index (χ3v) is 4.62. The molecule has 0 bridgehead atoms. The number of nitrogens with zero attached hydrogens (tertiary/aromatic N) is 3. The molecule has 3 rings (SSSR count). The highest BCUT2D eigenvalue weighted by atomic mass is 16.2. The zero-order valence-corrected chi connectivity index (χ0v) is 16.2. The number of piperazine rings is 1. The number of hydrogen-bond acceptors (Lipinski definition) is 5. The summed E-state index contributed by atoms with van der Waals surface area (Å²) in [6.07, 6.45) is 2.38. The molecule has 1 amide bonds. The Labute approximate surface area is 159 Å². The zero-order chi connectivity index (χ0) is 19.4. The van der Waals surface area contributed by atoms with Crippen LogP contribution in [0.2, 0.25) is 0 Å². The second-order valence-electron chi connectivity index (χ2n) is 7.51. The third-order valence-electron chi connectivity index (χ3n) is 4.62. The fourth-order valence-corrected chi connectivity index (χ4v) is 3.17. The highest BCUT2D eigenvalue weighted by molar-refractivity contribution is 6.04. The Balaban J connectivity index is 1.67. The molecule has 0 spiro atoms. The first kappa shape index (κ1) is 19.1. The van der Waals surface area contributed by atoms with Crippen molar-refractivity contribution in [1.29, 1.82) is 0 Å². The number of carbonyl (C=O) groups excluding carboxylic acids is 1. The number of carbonyl (C=O) groups is 1. The lowest BCUT2D eigenvalue weighted by Crippen LogP contribution is -2.44. The van der Waals surface area contributed by atoms with Gasteiger partial charge in [-0.15, -0.1) is 0 Å². The Hall–Kier alpha value is -2.67. The second kappa shape index (κ2) is 8.35. The van der Waals surface area contributed by atoms with Crippen LogP contribution in [0.25, 0.3) is 0 Å². The average molecular weight is 369 g/mol. The first-order valence-electron chi connectivity index (χ1n) is 9.35. The molecule has 2 aromatic heterocycles. The Bertz CT molecular complexity index is 836. The molecule has 3 heterocycles. The molecule has 0 radical (unpaired) electrons. The molecule has 0 saturated carbocycles. The molecular formula is C20H27N5O2. The molecule has 1 aliphatic rings. The van der Waals surface area contributed by atoms with E-state index in [9.17, 15) is 9.59 Å². The number of hydrogen-bond donors (Lipinski definition) is 2. The molecule has 1 aliphatic heterocycles. The predicted octanol–water partition coefficient (Wildman–Crippen LogP) is 1.97. The fourth-order valence-electron chi connectivity index (χ4n) is 3.17. The largest absolute Gasteiger partial charge is 0.354 e. The minimum absolute atomic E-state index is 0.262. The summed E-state index contributed by atoms with van der Waals surface area (Å²) in [5.74, 6) is 1.00. The van der Waals surface area contributed by atoms with Crippen molar-refractivity contribution in [2.45, 2.75) is 20.3 Å². The number of H-pyrrole nitrogens is 1. The van der Waals surface area contributed by atoms with E-state index in [0.717, 1.165) is 44.1 Å². The molecule has 144 valence electrons. The van der Waals surface area contributed by atoms with E-state index in [1.165, 1.54) is 6.07 Å². The van der Waals surface area contributed by atoms with Crippen molar-refractivity contribution in [2.24, 2.45) is 5.92 Å². The lowest BCUT2D eigenvalue weighted by Gasteiger charge is -2.33. The Morgan fingerprint density at radius 1 is 1.22 bits per heavy atom. The van der Waals surface area contributed by atoms with Gasteiger partial charge in [-0.1, -0.05) is 13.8 Å². The summed E-state index contributed by atoms with van der Waals surface area (Å²) < 4.78 is 0. The smallest absolute Gasteiger partial charge is 0.255 e. The highest BCUT2D eigenvalue weighted by Gasteiger charge is 2.15. The third kappa shape index (κ3) is 5.17. The van der Waals surface area contributed by atoms with Crippen LogP contribution >= 0.6 is 0 Å².